The van der Waals surface area contributed by atoms with Crippen molar-refractivity contribution in [3.05, 3.63) is 35.4 Å². The van der Waals surface area contributed by atoms with Crippen molar-refractivity contribution in [1.82, 2.24) is 0 Å². The summed E-state index contributed by atoms with van der Waals surface area (Å²) in [5, 5.41) is 0. The Morgan fingerprint density at radius 3 is 2.26 bits per heavy atom. The smallest absolute Gasteiger partial charge is 0.0713 e. The van der Waals surface area contributed by atoms with Crippen LogP contribution in [0.5, 0.6) is 0 Å². The minimum absolute atomic E-state index is 0.326. The molecule has 0 unspecified atom stereocenters. The van der Waals surface area contributed by atoms with E-state index in [9.17, 15) is 0 Å². The van der Waals surface area contributed by atoms with Gasteiger partial charge < -0.3 is 4.74 Å². The molecule has 1 nitrogen and oxygen atoms in total. The molecule has 0 amide bonds. The monoisotopic (exact) mass is 260 g/mol. The lowest BCUT2D eigenvalue weighted by Crippen LogP contribution is -2.37. The third-order valence-electron chi connectivity index (χ3n) is 4.53. The zero-order valence-corrected chi connectivity index (χ0v) is 13.1. The third kappa shape index (κ3) is 3.39. The molecule has 0 N–H and O–H groups in total. The Morgan fingerprint density at radius 1 is 1.11 bits per heavy atom. The molecule has 0 saturated heterocycles. The molecule has 1 heteroatoms. The highest BCUT2D eigenvalue weighted by Gasteiger charge is 2.40. The molecule has 0 heterocycles. The van der Waals surface area contributed by atoms with Gasteiger partial charge in [0, 0.05) is 7.11 Å². The SMILES string of the molecule is COCc1ccc([C@]2(C)C[C@@H](C)CC(C)(C)C2)cc1. The first-order valence-electron chi connectivity index (χ1n) is 7.43. The highest BCUT2D eigenvalue weighted by atomic mass is 16.5. The number of hydrogen-bond donors (Lipinski definition) is 0. The van der Waals surface area contributed by atoms with E-state index >= 15 is 0 Å². The van der Waals surface area contributed by atoms with Gasteiger partial charge in [-0.3, -0.25) is 0 Å². The first-order chi connectivity index (χ1) is 8.85. The first kappa shape index (κ1) is 14.6. The van der Waals surface area contributed by atoms with E-state index in [0.717, 1.165) is 5.92 Å². The maximum absolute atomic E-state index is 5.19. The van der Waals surface area contributed by atoms with Crippen LogP contribution < -0.4 is 0 Å². The highest BCUT2D eigenvalue weighted by Crippen LogP contribution is 2.49. The minimum atomic E-state index is 0.326. The van der Waals surface area contributed by atoms with Crippen LogP contribution in [0.1, 0.15) is 58.1 Å². The predicted molar refractivity (Wildman–Crippen MR) is 81.3 cm³/mol. The van der Waals surface area contributed by atoms with Gasteiger partial charge >= 0.3 is 0 Å². The van der Waals surface area contributed by atoms with E-state index in [1.165, 1.54) is 30.4 Å². The van der Waals surface area contributed by atoms with E-state index in [4.69, 9.17) is 4.74 Å². The van der Waals surface area contributed by atoms with Crippen molar-refractivity contribution in [3.8, 4) is 0 Å². The molecular weight excluding hydrogens is 232 g/mol. The normalized spacial score (nSPS) is 30.3. The summed E-state index contributed by atoms with van der Waals surface area (Å²) < 4.78 is 5.19. The molecule has 2 rings (SSSR count). The standard InChI is InChI=1S/C18H28O/c1-14-10-17(2,3)13-18(4,11-14)16-8-6-15(7-9-16)12-19-5/h6-9,14H,10-13H2,1-5H3/t14-,18+/m0/s1. The Kier molecular flexibility index (Phi) is 4.06. The van der Waals surface area contributed by atoms with Crippen molar-refractivity contribution in [2.75, 3.05) is 7.11 Å². The first-order valence-corrected chi connectivity index (χ1v) is 7.43. The molecular formula is C18H28O. The minimum Gasteiger partial charge on any atom is -0.380 e. The zero-order valence-electron chi connectivity index (χ0n) is 13.1. The van der Waals surface area contributed by atoms with Gasteiger partial charge in [-0.25, -0.2) is 0 Å². The second-order valence-electron chi connectivity index (χ2n) is 7.55. The molecule has 1 fully saturated rings. The van der Waals surface area contributed by atoms with Crippen LogP contribution in [0, 0.1) is 11.3 Å². The summed E-state index contributed by atoms with van der Waals surface area (Å²) in [6.07, 6.45) is 3.94. The second-order valence-corrected chi connectivity index (χ2v) is 7.55. The molecule has 0 spiro atoms. The van der Waals surface area contributed by atoms with E-state index in [2.05, 4.69) is 52.0 Å². The Bertz CT molecular complexity index is 418. The summed E-state index contributed by atoms with van der Waals surface area (Å²) in [4.78, 5) is 0. The van der Waals surface area contributed by atoms with Crippen LogP contribution in [-0.2, 0) is 16.8 Å². The van der Waals surface area contributed by atoms with Gasteiger partial charge in [0.2, 0.25) is 0 Å². The van der Waals surface area contributed by atoms with E-state index < -0.39 is 0 Å². The molecule has 1 aliphatic rings. The van der Waals surface area contributed by atoms with Crippen molar-refractivity contribution in [3.63, 3.8) is 0 Å². The molecule has 0 bridgehead atoms. The molecule has 1 aliphatic carbocycles. The summed E-state index contributed by atoms with van der Waals surface area (Å²) in [7, 11) is 1.75. The lowest BCUT2D eigenvalue weighted by Gasteiger charge is -2.46. The van der Waals surface area contributed by atoms with E-state index in [1.807, 2.05) is 0 Å². The average Bonchev–Trinajstić information content (AvgIpc) is 2.26. The molecule has 0 aromatic heterocycles. The lowest BCUT2D eigenvalue weighted by molar-refractivity contribution is 0.115. The fraction of sp³-hybridized carbons (Fsp3) is 0.667. The number of ether oxygens (including phenoxy) is 1. The van der Waals surface area contributed by atoms with Crippen molar-refractivity contribution in [1.29, 1.82) is 0 Å². The number of rotatable bonds is 3. The van der Waals surface area contributed by atoms with Gasteiger partial charge in [-0.05, 0) is 47.1 Å². The largest absolute Gasteiger partial charge is 0.380 e. The fourth-order valence-electron chi connectivity index (χ4n) is 4.38. The Hall–Kier alpha value is -0.820. The number of hydrogen-bond acceptors (Lipinski definition) is 1. The van der Waals surface area contributed by atoms with Gasteiger partial charge in [0.05, 0.1) is 6.61 Å². The van der Waals surface area contributed by atoms with E-state index in [1.54, 1.807) is 7.11 Å². The average molecular weight is 260 g/mol. The Labute approximate surface area is 118 Å². The maximum Gasteiger partial charge on any atom is 0.0713 e. The predicted octanol–water partition coefficient (Wildman–Crippen LogP) is 4.94. The zero-order chi connectivity index (χ0) is 14.1. The van der Waals surface area contributed by atoms with Crippen molar-refractivity contribution < 1.29 is 4.74 Å². The topological polar surface area (TPSA) is 9.23 Å². The Morgan fingerprint density at radius 2 is 1.74 bits per heavy atom. The van der Waals surface area contributed by atoms with Crippen molar-refractivity contribution >= 4 is 0 Å². The van der Waals surface area contributed by atoms with Crippen molar-refractivity contribution in [2.45, 2.75) is 59.0 Å². The third-order valence-corrected chi connectivity index (χ3v) is 4.53. The number of methoxy groups -OCH3 is 1. The summed E-state index contributed by atoms with van der Waals surface area (Å²) in [5.41, 5.74) is 3.54. The van der Waals surface area contributed by atoms with Gasteiger partial charge in [0.1, 0.15) is 0 Å². The second kappa shape index (κ2) is 5.28. The molecule has 0 aliphatic heterocycles. The van der Waals surface area contributed by atoms with E-state index in [0.29, 0.717) is 17.4 Å². The van der Waals surface area contributed by atoms with Crippen LogP contribution in [0.25, 0.3) is 0 Å². The summed E-state index contributed by atoms with van der Waals surface area (Å²) in [6.45, 7) is 10.4. The summed E-state index contributed by atoms with van der Waals surface area (Å²) in [6, 6.07) is 9.05. The van der Waals surface area contributed by atoms with Gasteiger partial charge in [-0.1, -0.05) is 52.0 Å². The number of benzene rings is 1. The molecule has 106 valence electrons. The lowest BCUT2D eigenvalue weighted by atomic mass is 9.59. The molecule has 19 heavy (non-hydrogen) atoms. The van der Waals surface area contributed by atoms with Crippen LogP contribution in [-0.4, -0.2) is 7.11 Å². The van der Waals surface area contributed by atoms with Crippen LogP contribution >= 0.6 is 0 Å². The summed E-state index contributed by atoms with van der Waals surface area (Å²) in [5.74, 6) is 0.812. The molecule has 1 aromatic carbocycles. The van der Waals surface area contributed by atoms with E-state index in [-0.39, 0.29) is 0 Å². The van der Waals surface area contributed by atoms with Gasteiger partial charge in [-0.15, -0.1) is 0 Å². The Balaban J connectivity index is 2.23. The highest BCUT2D eigenvalue weighted by molar-refractivity contribution is 5.29. The van der Waals surface area contributed by atoms with Gasteiger partial charge in [0.25, 0.3) is 0 Å². The van der Waals surface area contributed by atoms with Crippen LogP contribution in [0.4, 0.5) is 0 Å². The molecule has 1 aromatic rings. The van der Waals surface area contributed by atoms with Crippen molar-refractivity contribution in [2.24, 2.45) is 11.3 Å². The maximum atomic E-state index is 5.19. The fourth-order valence-corrected chi connectivity index (χ4v) is 4.38. The van der Waals surface area contributed by atoms with Crippen LogP contribution in [0.3, 0.4) is 0 Å². The molecule has 1 saturated carbocycles. The quantitative estimate of drug-likeness (QED) is 0.748. The summed E-state index contributed by atoms with van der Waals surface area (Å²) >= 11 is 0. The van der Waals surface area contributed by atoms with Gasteiger partial charge in [-0.2, -0.15) is 0 Å². The molecule has 0 radical (unpaired) electrons. The molecule has 2 atom stereocenters. The van der Waals surface area contributed by atoms with Crippen LogP contribution in [0.2, 0.25) is 0 Å². The van der Waals surface area contributed by atoms with Gasteiger partial charge in [0.15, 0.2) is 0 Å². The van der Waals surface area contributed by atoms with Crippen LogP contribution in [0.15, 0.2) is 24.3 Å².